The molecule has 0 saturated carbocycles. The van der Waals surface area contributed by atoms with Gasteiger partial charge in [-0.25, -0.2) is 14.4 Å². The van der Waals surface area contributed by atoms with E-state index in [4.69, 9.17) is 28.4 Å². The van der Waals surface area contributed by atoms with Crippen LogP contribution in [0.25, 0.3) is 33.1 Å². The van der Waals surface area contributed by atoms with Crippen molar-refractivity contribution in [2.75, 3.05) is 39.6 Å². The van der Waals surface area contributed by atoms with Gasteiger partial charge in [-0.05, 0) is 54.6 Å². The Bertz CT molecular complexity index is 2070. The van der Waals surface area contributed by atoms with Crippen LogP contribution in [-0.2, 0) is 14.2 Å². The van der Waals surface area contributed by atoms with E-state index < -0.39 is 17.9 Å². The van der Waals surface area contributed by atoms with Gasteiger partial charge in [-0.3, -0.25) is 15.3 Å². The molecule has 18 nitrogen and oxygen atoms in total. The van der Waals surface area contributed by atoms with E-state index in [2.05, 4.69) is 46.2 Å². The van der Waals surface area contributed by atoms with Gasteiger partial charge in [0.2, 0.25) is 0 Å². The normalized spacial score (nSPS) is 11.1. The van der Waals surface area contributed by atoms with Gasteiger partial charge in [-0.1, -0.05) is 15.6 Å². The summed E-state index contributed by atoms with van der Waals surface area (Å²) < 4.78 is 33.5. The number of hydrogen-bond acceptors (Lipinski definition) is 15. The number of ether oxygens (including phenoxy) is 6. The molecule has 18 heteroatoms. The molecule has 7 aromatic rings. The van der Waals surface area contributed by atoms with Crippen LogP contribution in [0.15, 0.2) is 72.8 Å². The highest BCUT2D eigenvalue weighted by Crippen LogP contribution is 2.28. The van der Waals surface area contributed by atoms with Crippen molar-refractivity contribution in [3.63, 3.8) is 0 Å². The van der Waals surface area contributed by atoms with Crippen molar-refractivity contribution >= 4 is 51.0 Å². The third-order valence-corrected chi connectivity index (χ3v) is 7.29. The van der Waals surface area contributed by atoms with Gasteiger partial charge < -0.3 is 28.4 Å². The summed E-state index contributed by atoms with van der Waals surface area (Å²) in [6, 6.07) is 19.4. The van der Waals surface area contributed by atoms with E-state index in [9.17, 15) is 14.4 Å². The summed E-state index contributed by atoms with van der Waals surface area (Å²) in [6.45, 7) is -0.105. The molecule has 3 heterocycles. The fourth-order valence-electron chi connectivity index (χ4n) is 4.84. The van der Waals surface area contributed by atoms with Crippen molar-refractivity contribution in [1.82, 2.24) is 46.2 Å². The van der Waals surface area contributed by atoms with E-state index in [1.807, 2.05) is 0 Å². The zero-order valence-corrected chi connectivity index (χ0v) is 26.5. The van der Waals surface area contributed by atoms with Crippen LogP contribution in [0.5, 0.6) is 17.2 Å². The maximum Gasteiger partial charge on any atom is 0.338 e. The Hall–Kier alpha value is -7.11. The van der Waals surface area contributed by atoms with E-state index in [0.717, 1.165) is 0 Å². The Morgan fingerprint density at radius 1 is 0.431 bits per heavy atom. The van der Waals surface area contributed by atoms with Crippen LogP contribution in [0, 0.1) is 0 Å². The van der Waals surface area contributed by atoms with Gasteiger partial charge in [0.15, 0.2) is 0 Å². The highest BCUT2D eigenvalue weighted by atomic mass is 16.6. The van der Waals surface area contributed by atoms with Crippen molar-refractivity contribution < 1.29 is 42.8 Å². The zero-order valence-electron chi connectivity index (χ0n) is 26.5. The van der Waals surface area contributed by atoms with Crippen molar-refractivity contribution in [2.24, 2.45) is 0 Å². The van der Waals surface area contributed by atoms with Gasteiger partial charge >= 0.3 is 17.9 Å². The average molecular weight is 694 g/mol. The first-order valence-electron chi connectivity index (χ1n) is 15.5. The largest absolute Gasteiger partial charge is 0.490 e. The molecule has 0 radical (unpaired) electrons. The third kappa shape index (κ3) is 7.96. The molecule has 0 aliphatic carbocycles. The molecule has 4 aromatic carbocycles. The predicted octanol–water partition coefficient (Wildman–Crippen LogP) is 3.21. The van der Waals surface area contributed by atoms with Crippen LogP contribution < -0.4 is 14.2 Å². The molecule has 3 N–H and O–H groups in total. The molecular weight excluding hydrogens is 666 g/mol. The summed E-state index contributed by atoms with van der Waals surface area (Å²) in [6.07, 6.45) is 0. The number of aromatic nitrogens is 9. The maximum atomic E-state index is 12.5. The van der Waals surface area contributed by atoms with Gasteiger partial charge in [0, 0.05) is 18.2 Å². The molecule has 0 amide bonds. The Morgan fingerprint density at radius 2 is 0.824 bits per heavy atom. The van der Waals surface area contributed by atoms with Crippen molar-refractivity contribution in [3.8, 4) is 17.2 Å². The fraction of sp³-hybridized carbons (Fsp3) is 0.182. The lowest BCUT2D eigenvalue weighted by atomic mass is 10.2. The maximum absolute atomic E-state index is 12.5. The van der Waals surface area contributed by atoms with Gasteiger partial charge in [0.1, 0.15) is 73.4 Å². The molecule has 51 heavy (non-hydrogen) atoms. The van der Waals surface area contributed by atoms with Crippen molar-refractivity contribution in [3.05, 3.63) is 89.5 Å². The number of rotatable bonds is 15. The quantitative estimate of drug-likeness (QED) is 0.0795. The SMILES string of the molecule is O=C(OCCOc1cc(OCCOC(=O)c2ccc3[nH]nnc3c2)cc(OCCOC(=O)c2ccc3nn[nH]c3c2)c1)c1ccc2[nH]nnc2c1. The number of nitrogens with zero attached hydrogens (tertiary/aromatic N) is 6. The van der Waals surface area contributed by atoms with E-state index in [1.165, 1.54) is 0 Å². The molecule has 7 rings (SSSR count). The molecule has 0 atom stereocenters. The summed E-state index contributed by atoms with van der Waals surface area (Å²) in [4.78, 5) is 37.6. The van der Waals surface area contributed by atoms with E-state index >= 15 is 0 Å². The molecule has 0 bridgehead atoms. The van der Waals surface area contributed by atoms with Crippen LogP contribution in [0.4, 0.5) is 0 Å². The van der Waals surface area contributed by atoms with Gasteiger partial charge in [-0.15, -0.1) is 15.3 Å². The number of fused-ring (bicyclic) bond motifs is 3. The Balaban J connectivity index is 0.931. The fourth-order valence-corrected chi connectivity index (χ4v) is 4.84. The van der Waals surface area contributed by atoms with Crippen molar-refractivity contribution in [1.29, 1.82) is 0 Å². The number of H-pyrrole nitrogens is 3. The topological polar surface area (TPSA) is 231 Å². The summed E-state index contributed by atoms with van der Waals surface area (Å²) >= 11 is 0. The second kappa shape index (κ2) is 15.0. The van der Waals surface area contributed by atoms with Gasteiger partial charge in [0.25, 0.3) is 0 Å². The molecule has 0 saturated heterocycles. The predicted molar refractivity (Wildman–Crippen MR) is 175 cm³/mol. The van der Waals surface area contributed by atoms with E-state index in [0.29, 0.717) is 67.0 Å². The molecule has 0 unspecified atom stereocenters. The first-order chi connectivity index (χ1) is 25.0. The molecule has 0 aliphatic rings. The second-order valence-electron chi connectivity index (χ2n) is 10.7. The minimum atomic E-state index is -0.546. The van der Waals surface area contributed by atoms with E-state index in [-0.39, 0.29) is 39.6 Å². The van der Waals surface area contributed by atoms with E-state index in [1.54, 1.807) is 72.8 Å². The number of carbonyl (C=O) groups excluding carboxylic acids is 3. The molecular formula is C33H27N9O9. The van der Waals surface area contributed by atoms with Crippen molar-refractivity contribution in [2.45, 2.75) is 0 Å². The number of benzene rings is 4. The first-order valence-corrected chi connectivity index (χ1v) is 15.5. The minimum Gasteiger partial charge on any atom is -0.490 e. The third-order valence-electron chi connectivity index (χ3n) is 7.29. The highest BCUT2D eigenvalue weighted by molar-refractivity contribution is 5.94. The van der Waals surface area contributed by atoms with Crippen LogP contribution in [0.1, 0.15) is 31.1 Å². The summed E-state index contributed by atoms with van der Waals surface area (Å²) in [7, 11) is 0. The Morgan fingerprint density at radius 3 is 1.29 bits per heavy atom. The molecule has 0 spiro atoms. The number of nitrogens with one attached hydrogen (secondary N) is 3. The highest BCUT2D eigenvalue weighted by Gasteiger charge is 2.13. The number of carbonyl (C=O) groups is 3. The molecule has 3 aromatic heterocycles. The number of aromatic amines is 3. The average Bonchev–Trinajstić information content (AvgIpc) is 3.93. The van der Waals surface area contributed by atoms with Gasteiger partial charge in [-0.2, -0.15) is 0 Å². The zero-order chi connectivity index (χ0) is 35.0. The molecule has 0 aliphatic heterocycles. The van der Waals surface area contributed by atoms with Gasteiger partial charge in [0.05, 0.1) is 33.2 Å². The summed E-state index contributed by atoms with van der Waals surface area (Å²) in [5.41, 5.74) is 4.67. The monoisotopic (exact) mass is 693 g/mol. The first kappa shape index (κ1) is 32.4. The second-order valence-corrected chi connectivity index (χ2v) is 10.7. The lowest BCUT2D eigenvalue weighted by molar-refractivity contribution is 0.0447. The summed E-state index contributed by atoms with van der Waals surface area (Å²) in [5, 5.41) is 31.0. The van der Waals surface area contributed by atoms with Crippen LogP contribution in [0.3, 0.4) is 0 Å². The number of hydrogen-bond donors (Lipinski definition) is 3. The molecule has 0 fully saturated rings. The Kier molecular flexibility index (Phi) is 9.53. The minimum absolute atomic E-state index is 0.0160. The summed E-state index contributed by atoms with van der Waals surface area (Å²) in [5.74, 6) is -0.592. The Labute approximate surface area is 286 Å². The number of esters is 3. The smallest absolute Gasteiger partial charge is 0.338 e. The lowest BCUT2D eigenvalue weighted by Gasteiger charge is -2.14. The van der Waals surface area contributed by atoms with Crippen LogP contribution in [-0.4, -0.2) is 104 Å². The van der Waals surface area contributed by atoms with Crippen LogP contribution in [0.2, 0.25) is 0 Å². The van der Waals surface area contributed by atoms with Crippen LogP contribution >= 0.6 is 0 Å². The standard InChI is InChI=1S/C33H27N9O9/c43-31(19-1-4-25-28(13-19)37-40-34-25)49-10-7-46-22-16-23(47-8-11-50-32(44)20-2-5-26-29(14-20)38-41-35-26)18-24(17-22)48-9-12-51-33(45)21-3-6-27-30(15-21)39-42-36-27/h1-6,13-18H,7-12H2,(H,34,37,40)(H,35,38,41)(H,36,39,42). The molecule has 258 valence electrons. The lowest BCUT2D eigenvalue weighted by Crippen LogP contribution is -2.14.